The van der Waals surface area contributed by atoms with E-state index >= 15 is 0 Å². The van der Waals surface area contributed by atoms with Crippen LogP contribution in [0.5, 0.6) is 0 Å². The van der Waals surface area contributed by atoms with E-state index in [1.54, 1.807) is 7.85 Å². The molecule has 2 aromatic rings. The molecular weight excluding hydrogens is 263 g/mol. The molecule has 2 aromatic heterocycles. The van der Waals surface area contributed by atoms with E-state index in [9.17, 15) is 5.11 Å². The minimum absolute atomic E-state index is 0.0494. The summed E-state index contributed by atoms with van der Waals surface area (Å²) in [6, 6.07) is 0. The highest BCUT2D eigenvalue weighted by atomic mass is 16.5. The van der Waals surface area contributed by atoms with Gasteiger partial charge < -0.3 is 26.4 Å². The molecule has 0 amide bonds. The van der Waals surface area contributed by atoms with Crippen molar-refractivity contribution >= 4 is 36.2 Å². The summed E-state index contributed by atoms with van der Waals surface area (Å²) in [5.74, 6) is 0.307. The zero-order chi connectivity index (χ0) is 14.4. The van der Waals surface area contributed by atoms with Gasteiger partial charge >= 0.3 is 0 Å². The third-order valence-electron chi connectivity index (χ3n) is 3.43. The number of ether oxygens (including phenoxy) is 1. The molecule has 106 valence electrons. The predicted octanol–water partition coefficient (Wildman–Crippen LogP) is -3.11. The zero-order valence-electron chi connectivity index (χ0n) is 10.9. The van der Waals surface area contributed by atoms with Gasteiger partial charge in [-0.1, -0.05) is 0 Å². The van der Waals surface area contributed by atoms with Crippen LogP contribution in [-0.4, -0.2) is 56.6 Å². The number of nitrogens with zero attached hydrogens (tertiary/aromatic N) is 4. The Kier molecular flexibility index (Phi) is 3.00. The molecule has 0 bridgehead atoms. The summed E-state index contributed by atoms with van der Waals surface area (Å²) < 4.78 is 7.09. The van der Waals surface area contributed by atoms with Crippen molar-refractivity contribution in [2.45, 2.75) is 24.9 Å². The highest BCUT2D eigenvalue weighted by Crippen LogP contribution is 2.30. The van der Waals surface area contributed by atoms with Crippen molar-refractivity contribution in [1.82, 2.24) is 19.7 Å². The van der Waals surface area contributed by atoms with Crippen LogP contribution in [0.3, 0.4) is 0 Å². The molecule has 1 aliphatic rings. The van der Waals surface area contributed by atoms with Gasteiger partial charge in [0.05, 0.1) is 18.1 Å². The van der Waals surface area contributed by atoms with E-state index < -0.39 is 18.4 Å². The number of nitrogens with two attached hydrogens (primary N) is 2. The number of nitrogen functional groups attached to an aromatic ring is 2. The van der Waals surface area contributed by atoms with Crippen molar-refractivity contribution in [3.05, 3.63) is 0 Å². The second-order valence-electron chi connectivity index (χ2n) is 4.81. The highest BCUT2D eigenvalue weighted by molar-refractivity contribution is 6.38. The molecule has 3 atom stereocenters. The Morgan fingerprint density at radius 2 is 2.15 bits per heavy atom. The van der Waals surface area contributed by atoms with Crippen LogP contribution in [0.15, 0.2) is 0 Å². The quantitative estimate of drug-likeness (QED) is 0.422. The van der Waals surface area contributed by atoms with Crippen molar-refractivity contribution in [2.75, 3.05) is 18.1 Å². The molecule has 0 spiro atoms. The number of fused-ring (bicyclic) bond motifs is 1. The van der Waals surface area contributed by atoms with E-state index in [2.05, 4.69) is 15.1 Å². The van der Waals surface area contributed by atoms with Crippen LogP contribution in [0.25, 0.3) is 11.0 Å². The number of rotatable bonds is 2. The Labute approximate surface area is 115 Å². The van der Waals surface area contributed by atoms with Gasteiger partial charge in [-0.25, -0.2) is 4.68 Å². The summed E-state index contributed by atoms with van der Waals surface area (Å²) in [5.41, 5.74) is 12.6. The van der Waals surface area contributed by atoms with Gasteiger partial charge in [-0.3, -0.25) is 0 Å². The minimum Gasteiger partial charge on any atom is -0.394 e. The van der Waals surface area contributed by atoms with Gasteiger partial charge in [0, 0.05) is 12.0 Å². The first-order valence-electron chi connectivity index (χ1n) is 6.23. The molecule has 0 aliphatic carbocycles. The van der Waals surface area contributed by atoms with E-state index in [-0.39, 0.29) is 18.4 Å². The maximum absolute atomic E-state index is 9.80. The maximum Gasteiger partial charge on any atom is 0.224 e. The molecule has 20 heavy (non-hydrogen) atoms. The van der Waals surface area contributed by atoms with Crippen molar-refractivity contribution in [3.8, 4) is 0 Å². The Hall–Kier alpha value is -1.91. The van der Waals surface area contributed by atoms with Crippen LogP contribution in [0.4, 0.5) is 11.8 Å². The van der Waals surface area contributed by atoms with E-state index in [0.717, 1.165) is 0 Å². The standard InChI is InChI=1S/C10H15BN6O3/c11-7-6-8(12)14-10(13)15-9(6)17(16-7)5-1-3(19)4(2-18)20-5/h3-5,18-19H,1-2,11H2,(H4,12,13,14,15)/t3?,4-,5-/m1/s1. The molecule has 1 fully saturated rings. The lowest BCUT2D eigenvalue weighted by Crippen LogP contribution is -2.24. The monoisotopic (exact) mass is 278 g/mol. The molecule has 0 saturated carbocycles. The summed E-state index contributed by atoms with van der Waals surface area (Å²) in [4.78, 5) is 8.05. The van der Waals surface area contributed by atoms with Crippen molar-refractivity contribution in [2.24, 2.45) is 0 Å². The highest BCUT2D eigenvalue weighted by Gasteiger charge is 2.36. The van der Waals surface area contributed by atoms with E-state index in [1.165, 1.54) is 4.68 Å². The predicted molar refractivity (Wildman–Crippen MR) is 73.9 cm³/mol. The number of hydrogen-bond acceptors (Lipinski definition) is 8. The molecule has 0 aromatic carbocycles. The first kappa shape index (κ1) is 13.1. The van der Waals surface area contributed by atoms with Crippen molar-refractivity contribution < 1.29 is 14.9 Å². The molecular formula is C10H15BN6O3. The number of aliphatic hydroxyl groups excluding tert-OH is 2. The van der Waals surface area contributed by atoms with E-state index in [4.69, 9.17) is 21.3 Å². The fourth-order valence-electron chi connectivity index (χ4n) is 2.48. The molecule has 1 aliphatic heterocycles. The van der Waals surface area contributed by atoms with Crippen LogP contribution in [-0.2, 0) is 4.74 Å². The second kappa shape index (κ2) is 4.58. The van der Waals surface area contributed by atoms with Gasteiger partial charge in [-0.05, 0) is 0 Å². The van der Waals surface area contributed by atoms with Crippen LogP contribution in [0.1, 0.15) is 12.6 Å². The smallest absolute Gasteiger partial charge is 0.224 e. The second-order valence-corrected chi connectivity index (χ2v) is 4.81. The summed E-state index contributed by atoms with van der Waals surface area (Å²) >= 11 is 0. The number of aliphatic hydroxyl groups is 2. The van der Waals surface area contributed by atoms with Crippen molar-refractivity contribution in [3.63, 3.8) is 0 Å². The Morgan fingerprint density at radius 1 is 1.40 bits per heavy atom. The van der Waals surface area contributed by atoms with Crippen LogP contribution < -0.4 is 17.1 Å². The molecule has 3 rings (SSSR count). The van der Waals surface area contributed by atoms with Crippen LogP contribution in [0, 0.1) is 0 Å². The lowest BCUT2D eigenvalue weighted by molar-refractivity contribution is -0.0469. The first-order chi connectivity index (χ1) is 9.51. The van der Waals surface area contributed by atoms with Gasteiger partial charge in [-0.15, -0.1) is 0 Å². The lowest BCUT2D eigenvalue weighted by atomic mass is 10.0. The maximum atomic E-state index is 9.80. The summed E-state index contributed by atoms with van der Waals surface area (Å²) in [7, 11) is 1.78. The third-order valence-corrected chi connectivity index (χ3v) is 3.43. The Bertz CT molecular complexity index is 662. The lowest BCUT2D eigenvalue weighted by Gasteiger charge is -2.13. The molecule has 3 heterocycles. The molecule has 1 unspecified atom stereocenters. The average Bonchev–Trinajstić information content (AvgIpc) is 2.90. The van der Waals surface area contributed by atoms with Gasteiger partial charge in [-0.2, -0.15) is 15.1 Å². The molecule has 10 heteroatoms. The molecule has 0 radical (unpaired) electrons. The summed E-state index contributed by atoms with van der Waals surface area (Å²) in [6.45, 7) is -0.255. The normalized spacial score (nSPS) is 26.4. The van der Waals surface area contributed by atoms with Crippen LogP contribution >= 0.6 is 0 Å². The molecule has 6 N–H and O–H groups in total. The number of hydrogen-bond donors (Lipinski definition) is 4. The molecule has 9 nitrogen and oxygen atoms in total. The summed E-state index contributed by atoms with van der Waals surface area (Å²) in [5, 5.41) is 23.9. The van der Waals surface area contributed by atoms with Gasteiger partial charge in [0.15, 0.2) is 19.7 Å². The Morgan fingerprint density at radius 3 is 2.80 bits per heavy atom. The van der Waals surface area contributed by atoms with E-state index in [0.29, 0.717) is 23.0 Å². The number of aromatic nitrogens is 4. The van der Waals surface area contributed by atoms with Crippen molar-refractivity contribution in [1.29, 1.82) is 0 Å². The Balaban J connectivity index is 2.09. The third kappa shape index (κ3) is 1.89. The largest absolute Gasteiger partial charge is 0.394 e. The summed E-state index contributed by atoms with van der Waals surface area (Å²) in [6.07, 6.45) is -1.59. The van der Waals surface area contributed by atoms with E-state index in [1.807, 2.05) is 0 Å². The molecule has 1 saturated heterocycles. The first-order valence-corrected chi connectivity index (χ1v) is 6.23. The zero-order valence-corrected chi connectivity index (χ0v) is 10.9. The van der Waals surface area contributed by atoms with Gasteiger partial charge in [0.2, 0.25) is 5.95 Å². The van der Waals surface area contributed by atoms with Gasteiger partial charge in [0.1, 0.15) is 11.9 Å². The number of anilines is 2. The fraction of sp³-hybridized carbons (Fsp3) is 0.500. The topological polar surface area (TPSA) is 145 Å². The average molecular weight is 278 g/mol. The minimum atomic E-state index is -0.749. The van der Waals surface area contributed by atoms with Gasteiger partial charge in [0.25, 0.3) is 0 Å². The SMILES string of the molecule is Bc1nn([C@H]2CC(O)[C@@H](CO)O2)c2nc(N)nc(N)c12. The fourth-order valence-corrected chi connectivity index (χ4v) is 2.48. The van der Waals surface area contributed by atoms with Crippen LogP contribution in [0.2, 0.25) is 0 Å².